The molecule has 0 saturated carbocycles. The zero-order valence-electron chi connectivity index (χ0n) is 18.4. The van der Waals surface area contributed by atoms with Crippen molar-refractivity contribution >= 4 is 23.7 Å². The summed E-state index contributed by atoms with van der Waals surface area (Å²) in [5.41, 5.74) is 6.75. The van der Waals surface area contributed by atoms with Crippen LogP contribution in [0.4, 0.5) is 0 Å². The van der Waals surface area contributed by atoms with Crippen molar-refractivity contribution in [3.63, 3.8) is 0 Å². The maximum atomic E-state index is 13.0. The Morgan fingerprint density at radius 3 is 2.47 bits per heavy atom. The molecule has 1 aliphatic heterocycles. The summed E-state index contributed by atoms with van der Waals surface area (Å²) in [7, 11) is 0. The zero-order chi connectivity index (χ0) is 24.0. The second-order valence-corrected chi connectivity index (χ2v) is 8.37. The van der Waals surface area contributed by atoms with E-state index in [1.807, 2.05) is 0 Å². The summed E-state index contributed by atoms with van der Waals surface area (Å²) in [6.07, 6.45) is 3.03. The Hall–Kier alpha value is -2.99. The van der Waals surface area contributed by atoms with Crippen LogP contribution in [0.15, 0.2) is 12.5 Å². The zero-order valence-corrected chi connectivity index (χ0v) is 18.4. The molecule has 0 aliphatic carbocycles. The van der Waals surface area contributed by atoms with Crippen LogP contribution >= 0.6 is 0 Å². The average Bonchev–Trinajstić information content (AvgIpc) is 3.40. The number of likely N-dealkylation sites (tertiary alicyclic amines) is 1. The Balaban J connectivity index is 2.05. The van der Waals surface area contributed by atoms with Crippen molar-refractivity contribution in [2.24, 2.45) is 11.7 Å². The lowest BCUT2D eigenvalue weighted by Gasteiger charge is -2.30. The number of nitrogens with zero attached hydrogens (tertiary/aromatic N) is 2. The number of carboxylic acid groups (broad SMARTS) is 1. The van der Waals surface area contributed by atoms with Crippen molar-refractivity contribution in [1.82, 2.24) is 25.5 Å². The average molecular weight is 453 g/mol. The second kappa shape index (κ2) is 11.0. The van der Waals surface area contributed by atoms with Crippen molar-refractivity contribution in [2.45, 2.75) is 70.3 Å². The molecule has 1 aromatic heterocycles. The standard InChI is InChI=1S/C20H32N6O6/c1-10(2)15(18(29)25-16(11(3)27)20(31)32)24-17(28)14-5-4-6-26(14)19(30)13(21)7-12-8-22-9-23-12/h8-11,13-16,27H,4-7,21H2,1-3H3,(H,22,23)(H,24,28)(H,25,29)(H,31,32). The molecule has 1 saturated heterocycles. The molecule has 1 aliphatic rings. The first-order valence-corrected chi connectivity index (χ1v) is 10.6. The smallest absolute Gasteiger partial charge is 0.328 e. The third-order valence-corrected chi connectivity index (χ3v) is 5.44. The summed E-state index contributed by atoms with van der Waals surface area (Å²) >= 11 is 0. The molecular weight excluding hydrogens is 420 g/mol. The topological polar surface area (TPSA) is 191 Å². The Kier molecular flexibility index (Phi) is 8.72. The van der Waals surface area contributed by atoms with Gasteiger partial charge in [-0.05, 0) is 25.7 Å². The lowest BCUT2D eigenvalue weighted by atomic mass is 10.0. The SMILES string of the molecule is CC(C)C(NC(=O)C1CCCN1C(=O)C(N)Cc1cnc[nH]1)C(=O)NC(C(=O)O)C(C)O. The summed E-state index contributed by atoms with van der Waals surface area (Å²) < 4.78 is 0. The van der Waals surface area contributed by atoms with E-state index in [0.717, 1.165) is 0 Å². The van der Waals surface area contributed by atoms with Gasteiger partial charge in [0, 0.05) is 24.9 Å². The number of aromatic amines is 1. The van der Waals surface area contributed by atoms with Crippen LogP contribution in [0.3, 0.4) is 0 Å². The van der Waals surface area contributed by atoms with E-state index in [1.165, 1.54) is 18.2 Å². The lowest BCUT2D eigenvalue weighted by Crippen LogP contribution is -2.59. The predicted octanol–water partition coefficient (Wildman–Crippen LogP) is -1.64. The molecule has 0 spiro atoms. The van der Waals surface area contributed by atoms with Crippen LogP contribution in [0.2, 0.25) is 0 Å². The first-order chi connectivity index (χ1) is 15.0. The number of rotatable bonds is 10. The number of aromatic nitrogens is 2. The van der Waals surface area contributed by atoms with Gasteiger partial charge in [-0.25, -0.2) is 9.78 Å². The molecule has 5 unspecified atom stereocenters. The highest BCUT2D eigenvalue weighted by Gasteiger charge is 2.38. The van der Waals surface area contributed by atoms with Crippen LogP contribution in [-0.4, -0.2) is 85.6 Å². The molecule has 178 valence electrons. The molecule has 1 fully saturated rings. The minimum absolute atomic E-state index is 0.247. The Morgan fingerprint density at radius 2 is 1.94 bits per heavy atom. The monoisotopic (exact) mass is 452 g/mol. The number of nitrogens with one attached hydrogen (secondary N) is 3. The van der Waals surface area contributed by atoms with Gasteiger partial charge < -0.3 is 36.5 Å². The minimum Gasteiger partial charge on any atom is -0.480 e. The van der Waals surface area contributed by atoms with E-state index >= 15 is 0 Å². The van der Waals surface area contributed by atoms with Gasteiger partial charge in [-0.2, -0.15) is 0 Å². The maximum Gasteiger partial charge on any atom is 0.328 e. The summed E-state index contributed by atoms with van der Waals surface area (Å²) in [5.74, 6) is -3.37. The lowest BCUT2D eigenvalue weighted by molar-refractivity contribution is -0.146. The van der Waals surface area contributed by atoms with Gasteiger partial charge >= 0.3 is 5.97 Å². The van der Waals surface area contributed by atoms with Crippen LogP contribution in [0.25, 0.3) is 0 Å². The number of aliphatic hydroxyl groups excluding tert-OH is 1. The molecule has 5 atom stereocenters. The predicted molar refractivity (Wildman–Crippen MR) is 113 cm³/mol. The Bertz CT molecular complexity index is 812. The molecule has 0 bridgehead atoms. The quantitative estimate of drug-likeness (QED) is 0.243. The van der Waals surface area contributed by atoms with E-state index in [0.29, 0.717) is 25.1 Å². The van der Waals surface area contributed by atoms with Gasteiger partial charge in [0.2, 0.25) is 17.7 Å². The second-order valence-electron chi connectivity index (χ2n) is 8.37. The highest BCUT2D eigenvalue weighted by Crippen LogP contribution is 2.20. The van der Waals surface area contributed by atoms with Crippen LogP contribution in [0.1, 0.15) is 39.3 Å². The van der Waals surface area contributed by atoms with E-state index in [2.05, 4.69) is 20.6 Å². The minimum atomic E-state index is -1.51. The molecule has 0 aromatic carbocycles. The number of carbonyl (C=O) groups is 4. The van der Waals surface area contributed by atoms with Gasteiger partial charge in [0.15, 0.2) is 6.04 Å². The molecule has 1 aromatic rings. The summed E-state index contributed by atoms with van der Waals surface area (Å²) in [5, 5.41) is 23.7. The first kappa shape index (κ1) is 25.3. The molecule has 32 heavy (non-hydrogen) atoms. The van der Waals surface area contributed by atoms with Gasteiger partial charge in [-0.3, -0.25) is 14.4 Å². The van der Waals surface area contributed by atoms with Crippen molar-refractivity contribution in [3.05, 3.63) is 18.2 Å². The highest BCUT2D eigenvalue weighted by molar-refractivity contribution is 5.94. The van der Waals surface area contributed by atoms with Crippen LogP contribution in [0, 0.1) is 5.92 Å². The van der Waals surface area contributed by atoms with E-state index in [9.17, 15) is 29.4 Å². The first-order valence-electron chi connectivity index (χ1n) is 10.6. The number of hydrogen-bond donors (Lipinski definition) is 6. The normalized spacial score (nSPS) is 19.8. The largest absolute Gasteiger partial charge is 0.480 e. The van der Waals surface area contributed by atoms with Gasteiger partial charge in [0.25, 0.3) is 0 Å². The van der Waals surface area contributed by atoms with E-state index in [1.54, 1.807) is 20.0 Å². The fourth-order valence-electron chi connectivity index (χ4n) is 3.65. The third kappa shape index (κ3) is 6.26. The molecule has 3 amide bonds. The van der Waals surface area contributed by atoms with E-state index in [4.69, 9.17) is 5.73 Å². The number of H-pyrrole nitrogens is 1. The summed E-state index contributed by atoms with van der Waals surface area (Å²) in [6, 6.07) is -4.18. The molecule has 12 nitrogen and oxygen atoms in total. The molecule has 2 rings (SSSR count). The van der Waals surface area contributed by atoms with Crippen LogP contribution in [0.5, 0.6) is 0 Å². The molecular formula is C20H32N6O6. The fraction of sp³-hybridized carbons (Fsp3) is 0.650. The van der Waals surface area contributed by atoms with Crippen molar-refractivity contribution in [2.75, 3.05) is 6.54 Å². The number of carboxylic acids is 1. The summed E-state index contributed by atoms with van der Waals surface area (Å²) in [6.45, 7) is 5.01. The van der Waals surface area contributed by atoms with Crippen LogP contribution in [-0.2, 0) is 25.6 Å². The molecule has 0 radical (unpaired) electrons. The number of carbonyl (C=O) groups excluding carboxylic acids is 3. The number of amides is 3. The van der Waals surface area contributed by atoms with Crippen LogP contribution < -0.4 is 16.4 Å². The Morgan fingerprint density at radius 1 is 1.25 bits per heavy atom. The van der Waals surface area contributed by atoms with Crippen molar-refractivity contribution in [3.8, 4) is 0 Å². The number of imidazole rings is 1. The number of aliphatic hydroxyl groups is 1. The Labute approximate surface area is 185 Å². The molecule has 7 N–H and O–H groups in total. The van der Waals surface area contributed by atoms with Gasteiger partial charge in [0.1, 0.15) is 12.1 Å². The molecule has 12 heteroatoms. The van der Waals surface area contributed by atoms with E-state index < -0.39 is 48.1 Å². The van der Waals surface area contributed by atoms with Crippen molar-refractivity contribution in [1.29, 1.82) is 0 Å². The number of aliphatic carboxylic acids is 1. The van der Waals surface area contributed by atoms with Gasteiger partial charge in [-0.15, -0.1) is 0 Å². The summed E-state index contributed by atoms with van der Waals surface area (Å²) in [4.78, 5) is 57.9. The van der Waals surface area contributed by atoms with Crippen molar-refractivity contribution < 1.29 is 29.4 Å². The van der Waals surface area contributed by atoms with E-state index in [-0.39, 0.29) is 18.2 Å². The maximum absolute atomic E-state index is 13.0. The van der Waals surface area contributed by atoms with Gasteiger partial charge in [0.05, 0.1) is 18.5 Å². The van der Waals surface area contributed by atoms with Gasteiger partial charge in [-0.1, -0.05) is 13.8 Å². The third-order valence-electron chi connectivity index (χ3n) is 5.44. The number of hydrogen-bond acceptors (Lipinski definition) is 7. The number of nitrogens with two attached hydrogens (primary N) is 1. The fourth-order valence-corrected chi connectivity index (χ4v) is 3.65. The highest BCUT2D eigenvalue weighted by atomic mass is 16.4. The molecule has 2 heterocycles.